The molecule has 0 bridgehead atoms. The molecule has 0 fully saturated rings. The molecule has 4 N–H and O–H groups in total. The van der Waals surface area contributed by atoms with Crippen LogP contribution in [0.5, 0.6) is 5.75 Å². The summed E-state index contributed by atoms with van der Waals surface area (Å²) in [5, 5.41) is 8.77. The van der Waals surface area contributed by atoms with Crippen molar-refractivity contribution in [2.45, 2.75) is 13.2 Å². The summed E-state index contributed by atoms with van der Waals surface area (Å²) in [5.74, 6) is -0.0505. The van der Waals surface area contributed by atoms with Crippen molar-refractivity contribution in [1.82, 2.24) is 10.6 Å². The maximum absolute atomic E-state index is 11.9. The van der Waals surface area contributed by atoms with Crippen LogP contribution in [0, 0.1) is 0 Å². The summed E-state index contributed by atoms with van der Waals surface area (Å²) >= 11 is 0. The fraction of sp³-hybridized carbons (Fsp3) is 0.529. The molecule has 1 aromatic carbocycles. The van der Waals surface area contributed by atoms with Crippen molar-refractivity contribution in [3.8, 4) is 5.75 Å². The van der Waals surface area contributed by atoms with Gasteiger partial charge in [-0.1, -0.05) is 11.2 Å². The second-order valence-electron chi connectivity index (χ2n) is 5.42. The van der Waals surface area contributed by atoms with Crippen molar-refractivity contribution in [3.63, 3.8) is 0 Å². The molecule has 1 unspecified atom stereocenters. The van der Waals surface area contributed by atoms with Crippen LogP contribution in [0.1, 0.15) is 17.3 Å². The van der Waals surface area contributed by atoms with Crippen molar-refractivity contribution in [3.05, 3.63) is 40.3 Å². The number of benzene rings is 1. The second kappa shape index (κ2) is 14.2. The molecular weight excluding hydrogens is 368 g/mol. The molecule has 0 aromatic heterocycles. The number of carbonyl (C=O) groups is 2. The lowest BCUT2D eigenvalue weighted by Crippen LogP contribution is -2.29. The highest BCUT2D eigenvalue weighted by molar-refractivity contribution is 5.94. The number of azide groups is 1. The van der Waals surface area contributed by atoms with E-state index in [2.05, 4.69) is 20.7 Å². The van der Waals surface area contributed by atoms with Crippen LogP contribution in [0.15, 0.2) is 29.4 Å². The molecule has 0 aliphatic carbocycles. The number of nitrogens with zero attached hydrogens (tertiary/aromatic N) is 3. The first-order chi connectivity index (χ1) is 13.6. The van der Waals surface area contributed by atoms with Crippen LogP contribution >= 0.6 is 0 Å². The van der Waals surface area contributed by atoms with Crippen molar-refractivity contribution in [2.24, 2.45) is 10.8 Å². The van der Waals surface area contributed by atoms with Crippen LogP contribution < -0.4 is 21.1 Å². The number of hydrogen-bond acceptors (Lipinski definition) is 7. The Hall–Kier alpha value is -2.85. The average molecular weight is 394 g/mol. The fourth-order valence-corrected chi connectivity index (χ4v) is 2.01. The number of amides is 2. The smallest absolute Gasteiger partial charge is 0.251 e. The molecule has 11 heteroatoms. The van der Waals surface area contributed by atoms with Crippen molar-refractivity contribution in [1.29, 1.82) is 0 Å². The molecule has 28 heavy (non-hydrogen) atoms. The van der Waals surface area contributed by atoms with E-state index in [-0.39, 0.29) is 38.2 Å². The predicted octanol–water partition coefficient (Wildman–Crippen LogP) is 0.560. The molecule has 0 saturated carbocycles. The Bertz CT molecular complexity index is 665. The van der Waals surface area contributed by atoms with E-state index in [0.717, 1.165) is 0 Å². The van der Waals surface area contributed by atoms with Crippen molar-refractivity contribution < 1.29 is 23.8 Å². The monoisotopic (exact) mass is 394 g/mol. The third-order valence-corrected chi connectivity index (χ3v) is 3.24. The standard InChI is InChI=1S/C17H26N6O5/c1-2-20-15(24)11-26-8-9-27-16(22-23-19)12-28-14-5-3-4-13(10-14)17(25)21-7-6-18/h3-5,10,16H,2,6-9,11-12,18H2,1H3,(H,20,24)(H,21,25). The minimum atomic E-state index is -0.882. The quantitative estimate of drug-likeness (QED) is 0.181. The average Bonchev–Trinajstić information content (AvgIpc) is 2.70. The van der Waals surface area contributed by atoms with E-state index in [9.17, 15) is 9.59 Å². The summed E-state index contributed by atoms with van der Waals surface area (Å²) in [6, 6.07) is 6.55. The maximum atomic E-state index is 11.9. The first kappa shape index (κ1) is 23.2. The lowest BCUT2D eigenvalue weighted by atomic mass is 10.2. The van der Waals surface area contributed by atoms with Gasteiger partial charge >= 0.3 is 0 Å². The number of ether oxygens (including phenoxy) is 3. The van der Waals surface area contributed by atoms with Crippen molar-refractivity contribution >= 4 is 11.8 Å². The minimum absolute atomic E-state index is 0.0474. The van der Waals surface area contributed by atoms with E-state index in [4.69, 9.17) is 25.5 Å². The summed E-state index contributed by atoms with van der Waals surface area (Å²) in [4.78, 5) is 25.9. The van der Waals surface area contributed by atoms with Crippen LogP contribution in [0.2, 0.25) is 0 Å². The number of nitrogens with two attached hydrogens (primary N) is 1. The van der Waals surface area contributed by atoms with Gasteiger partial charge in [0, 0.05) is 30.1 Å². The van der Waals surface area contributed by atoms with Crippen molar-refractivity contribution in [2.75, 3.05) is 46.1 Å². The predicted molar refractivity (Wildman–Crippen MR) is 102 cm³/mol. The largest absolute Gasteiger partial charge is 0.491 e. The van der Waals surface area contributed by atoms with Gasteiger partial charge in [0.15, 0.2) is 6.23 Å². The van der Waals surface area contributed by atoms with Gasteiger partial charge in [-0.2, -0.15) is 0 Å². The molecule has 0 saturated heterocycles. The lowest BCUT2D eigenvalue weighted by Gasteiger charge is -2.14. The Morgan fingerprint density at radius 2 is 2.14 bits per heavy atom. The maximum Gasteiger partial charge on any atom is 0.251 e. The SMILES string of the molecule is CCNC(=O)COCCOC(COc1cccc(C(=O)NCCN)c1)N=[N+]=[N-]. The highest BCUT2D eigenvalue weighted by Gasteiger charge is 2.10. The summed E-state index contributed by atoms with van der Waals surface area (Å²) in [7, 11) is 0. The van der Waals surface area contributed by atoms with Crippen LogP contribution in [0.25, 0.3) is 10.4 Å². The van der Waals surface area contributed by atoms with E-state index in [1.54, 1.807) is 24.3 Å². The van der Waals surface area contributed by atoms with Gasteiger partial charge in [0.05, 0.1) is 13.2 Å². The third-order valence-electron chi connectivity index (χ3n) is 3.24. The number of likely N-dealkylation sites (N-methyl/N-ethyl adjacent to an activating group) is 1. The Kier molecular flexibility index (Phi) is 11.8. The summed E-state index contributed by atoms with van der Waals surface area (Å²) in [6.07, 6.45) is -0.882. The first-order valence-corrected chi connectivity index (χ1v) is 8.82. The van der Waals surface area contributed by atoms with Crippen LogP contribution in [-0.4, -0.2) is 64.1 Å². The van der Waals surface area contributed by atoms with Gasteiger partial charge in [-0.15, -0.1) is 0 Å². The molecule has 0 aliphatic rings. The molecule has 0 radical (unpaired) electrons. The van der Waals surface area contributed by atoms with E-state index < -0.39 is 6.23 Å². The number of rotatable bonds is 14. The normalized spacial score (nSPS) is 11.2. The molecule has 11 nitrogen and oxygen atoms in total. The molecule has 1 atom stereocenters. The zero-order valence-corrected chi connectivity index (χ0v) is 15.8. The van der Waals surface area contributed by atoms with E-state index >= 15 is 0 Å². The van der Waals surface area contributed by atoms with Crippen LogP contribution in [-0.2, 0) is 14.3 Å². The van der Waals surface area contributed by atoms with Gasteiger partial charge in [-0.25, -0.2) is 0 Å². The zero-order chi connectivity index (χ0) is 20.6. The van der Waals surface area contributed by atoms with Gasteiger partial charge in [0.1, 0.15) is 19.0 Å². The van der Waals surface area contributed by atoms with Gasteiger partial charge < -0.3 is 30.6 Å². The molecule has 154 valence electrons. The minimum Gasteiger partial charge on any atom is -0.491 e. The molecule has 1 aromatic rings. The molecule has 0 heterocycles. The number of carbonyl (C=O) groups excluding carboxylic acids is 2. The summed E-state index contributed by atoms with van der Waals surface area (Å²) in [5.41, 5.74) is 14.4. The van der Waals surface area contributed by atoms with Crippen LogP contribution in [0.3, 0.4) is 0 Å². The highest BCUT2D eigenvalue weighted by Crippen LogP contribution is 2.14. The lowest BCUT2D eigenvalue weighted by molar-refractivity contribution is -0.126. The summed E-state index contributed by atoms with van der Waals surface area (Å²) < 4.78 is 16.1. The summed E-state index contributed by atoms with van der Waals surface area (Å²) in [6.45, 7) is 3.23. The Balaban J connectivity index is 2.43. The molecule has 1 rings (SSSR count). The van der Waals surface area contributed by atoms with Crippen LogP contribution in [0.4, 0.5) is 0 Å². The van der Waals surface area contributed by atoms with E-state index in [1.807, 2.05) is 6.92 Å². The van der Waals surface area contributed by atoms with E-state index in [0.29, 0.717) is 30.9 Å². The third kappa shape index (κ3) is 9.74. The zero-order valence-electron chi connectivity index (χ0n) is 15.8. The first-order valence-electron chi connectivity index (χ1n) is 8.82. The Labute approximate surface area is 163 Å². The molecular formula is C17H26N6O5. The van der Waals surface area contributed by atoms with Gasteiger partial charge in [0.25, 0.3) is 5.91 Å². The molecule has 2 amide bonds. The number of nitrogens with one attached hydrogen (secondary N) is 2. The highest BCUT2D eigenvalue weighted by atomic mass is 16.6. The Morgan fingerprint density at radius 3 is 2.86 bits per heavy atom. The van der Waals surface area contributed by atoms with Gasteiger partial charge in [0.2, 0.25) is 5.91 Å². The van der Waals surface area contributed by atoms with Gasteiger partial charge in [-0.05, 0) is 30.7 Å². The Morgan fingerprint density at radius 1 is 1.32 bits per heavy atom. The molecule has 0 spiro atoms. The topological polar surface area (TPSA) is 161 Å². The van der Waals surface area contributed by atoms with E-state index in [1.165, 1.54) is 0 Å². The molecule has 0 aliphatic heterocycles. The fourth-order valence-electron chi connectivity index (χ4n) is 2.01. The number of hydrogen-bond donors (Lipinski definition) is 3. The second-order valence-corrected chi connectivity index (χ2v) is 5.42. The van der Waals surface area contributed by atoms with Gasteiger partial charge in [-0.3, -0.25) is 9.59 Å².